The molecule has 176 valence electrons. The van der Waals surface area contributed by atoms with Gasteiger partial charge >= 0.3 is 0 Å². The Balaban J connectivity index is 1.37. The van der Waals surface area contributed by atoms with Crippen LogP contribution in [0.3, 0.4) is 0 Å². The van der Waals surface area contributed by atoms with Crippen molar-refractivity contribution in [2.24, 2.45) is 0 Å². The second-order valence-corrected chi connectivity index (χ2v) is 9.84. The number of ether oxygens (including phenoxy) is 1. The van der Waals surface area contributed by atoms with Crippen molar-refractivity contribution in [3.8, 4) is 5.75 Å². The van der Waals surface area contributed by atoms with Gasteiger partial charge in [0.2, 0.25) is 0 Å². The molecule has 0 bridgehead atoms. The van der Waals surface area contributed by atoms with Crippen LogP contribution in [0.25, 0.3) is 0 Å². The van der Waals surface area contributed by atoms with Crippen LogP contribution in [0, 0.1) is 3.57 Å². The van der Waals surface area contributed by atoms with E-state index in [1.165, 1.54) is 0 Å². The molecular weight excluding hydrogens is 588 g/mol. The number of carbonyl (C=O) groups is 2. The smallest absolute Gasteiger partial charge is 0.257 e. The Morgan fingerprint density at radius 2 is 1.62 bits per heavy atom. The SMILES string of the molecule is COc1ccc(Cl)cc1C(=O)N1CCN(c2ccc(NC(=O)c3cc(I)ccc3Cl)cc2)CC1. The van der Waals surface area contributed by atoms with Crippen molar-refractivity contribution in [2.45, 2.75) is 0 Å². The summed E-state index contributed by atoms with van der Waals surface area (Å²) in [6.07, 6.45) is 0. The number of anilines is 2. The average molecular weight is 610 g/mol. The van der Waals surface area contributed by atoms with E-state index < -0.39 is 0 Å². The molecule has 3 aromatic rings. The van der Waals surface area contributed by atoms with Gasteiger partial charge in [-0.05, 0) is 83.3 Å². The Bertz CT molecular complexity index is 1210. The second kappa shape index (κ2) is 10.8. The van der Waals surface area contributed by atoms with Gasteiger partial charge in [-0.3, -0.25) is 9.59 Å². The first-order valence-corrected chi connectivity index (χ1v) is 12.4. The van der Waals surface area contributed by atoms with Gasteiger partial charge in [0, 0.05) is 46.1 Å². The van der Waals surface area contributed by atoms with Crippen LogP contribution < -0.4 is 15.0 Å². The molecule has 1 aliphatic heterocycles. The Hall–Kier alpha value is -2.49. The summed E-state index contributed by atoms with van der Waals surface area (Å²) < 4.78 is 6.27. The maximum absolute atomic E-state index is 13.0. The van der Waals surface area contributed by atoms with Crippen LogP contribution in [0.4, 0.5) is 11.4 Å². The third kappa shape index (κ3) is 5.59. The number of nitrogens with zero attached hydrogens (tertiary/aromatic N) is 2. The highest BCUT2D eigenvalue weighted by Gasteiger charge is 2.25. The summed E-state index contributed by atoms with van der Waals surface area (Å²) in [6.45, 7) is 2.55. The van der Waals surface area contributed by atoms with Gasteiger partial charge in [0.1, 0.15) is 5.75 Å². The van der Waals surface area contributed by atoms with Crippen LogP contribution in [0.2, 0.25) is 10.0 Å². The van der Waals surface area contributed by atoms with E-state index in [2.05, 4.69) is 32.8 Å². The van der Waals surface area contributed by atoms with Crippen LogP contribution >= 0.6 is 45.8 Å². The highest BCUT2D eigenvalue weighted by Crippen LogP contribution is 2.26. The summed E-state index contributed by atoms with van der Waals surface area (Å²) in [4.78, 5) is 29.6. The van der Waals surface area contributed by atoms with Crippen molar-refractivity contribution in [3.63, 3.8) is 0 Å². The topological polar surface area (TPSA) is 61.9 Å². The molecule has 0 radical (unpaired) electrons. The predicted octanol–water partition coefficient (Wildman–Crippen LogP) is 5.82. The van der Waals surface area contributed by atoms with E-state index in [9.17, 15) is 9.59 Å². The van der Waals surface area contributed by atoms with Crippen LogP contribution in [0.1, 0.15) is 20.7 Å². The highest BCUT2D eigenvalue weighted by molar-refractivity contribution is 14.1. The van der Waals surface area contributed by atoms with E-state index >= 15 is 0 Å². The van der Waals surface area contributed by atoms with E-state index in [-0.39, 0.29) is 11.8 Å². The van der Waals surface area contributed by atoms with Gasteiger partial charge in [0.15, 0.2) is 0 Å². The molecule has 0 aromatic heterocycles. The minimum Gasteiger partial charge on any atom is -0.496 e. The molecule has 0 unspecified atom stereocenters. The van der Waals surface area contributed by atoms with E-state index in [4.69, 9.17) is 27.9 Å². The largest absolute Gasteiger partial charge is 0.496 e. The summed E-state index contributed by atoms with van der Waals surface area (Å²) in [6, 6.07) is 18.0. The lowest BCUT2D eigenvalue weighted by Gasteiger charge is -2.36. The molecular formula is C25H22Cl2IN3O3. The van der Waals surface area contributed by atoms with Gasteiger partial charge in [-0.2, -0.15) is 0 Å². The fourth-order valence-electron chi connectivity index (χ4n) is 3.81. The van der Waals surface area contributed by atoms with E-state index in [1.54, 1.807) is 37.4 Å². The molecule has 3 aromatic carbocycles. The maximum Gasteiger partial charge on any atom is 0.257 e. The quantitative estimate of drug-likeness (QED) is 0.370. The summed E-state index contributed by atoms with van der Waals surface area (Å²) >= 11 is 14.4. The highest BCUT2D eigenvalue weighted by atomic mass is 127. The van der Waals surface area contributed by atoms with Gasteiger partial charge in [0.25, 0.3) is 11.8 Å². The maximum atomic E-state index is 13.0. The lowest BCUT2D eigenvalue weighted by atomic mass is 10.1. The van der Waals surface area contributed by atoms with Crippen LogP contribution in [0.15, 0.2) is 60.7 Å². The van der Waals surface area contributed by atoms with Crippen molar-refractivity contribution in [1.82, 2.24) is 4.90 Å². The Labute approximate surface area is 221 Å². The van der Waals surface area contributed by atoms with Crippen LogP contribution in [0.5, 0.6) is 5.75 Å². The minimum absolute atomic E-state index is 0.0914. The molecule has 4 rings (SSSR count). The number of carbonyl (C=O) groups excluding carboxylic acids is 2. The zero-order valence-corrected chi connectivity index (χ0v) is 22.0. The zero-order valence-electron chi connectivity index (χ0n) is 18.4. The van der Waals surface area contributed by atoms with Crippen LogP contribution in [-0.2, 0) is 0 Å². The van der Waals surface area contributed by atoms with Crippen molar-refractivity contribution in [2.75, 3.05) is 43.5 Å². The van der Waals surface area contributed by atoms with E-state index in [0.717, 1.165) is 9.26 Å². The first-order chi connectivity index (χ1) is 16.4. The number of methoxy groups -OCH3 is 1. The molecule has 1 saturated heterocycles. The minimum atomic E-state index is -0.250. The lowest BCUT2D eigenvalue weighted by molar-refractivity contribution is 0.0743. The first-order valence-electron chi connectivity index (χ1n) is 10.6. The number of hydrogen-bond acceptors (Lipinski definition) is 4. The number of benzene rings is 3. The fraction of sp³-hybridized carbons (Fsp3) is 0.200. The number of piperazine rings is 1. The molecule has 0 atom stereocenters. The van der Waals surface area contributed by atoms with Gasteiger partial charge < -0.3 is 19.9 Å². The standard InChI is InChI=1S/C25H22Cl2IN3O3/c1-34-23-9-2-16(26)14-21(23)25(33)31-12-10-30(11-13-31)19-6-4-18(5-7-19)29-24(32)20-15-17(28)3-8-22(20)27/h2-9,14-15H,10-13H2,1H3,(H,29,32). The summed E-state index contributed by atoms with van der Waals surface area (Å²) in [5.41, 5.74) is 2.62. The molecule has 1 fully saturated rings. The number of halogens is 3. The molecule has 2 amide bonds. The molecule has 1 aliphatic rings. The van der Waals surface area contributed by atoms with Crippen molar-refractivity contribution in [3.05, 3.63) is 85.4 Å². The normalized spacial score (nSPS) is 13.5. The van der Waals surface area contributed by atoms with Gasteiger partial charge in [0.05, 0.1) is 23.3 Å². The molecule has 6 nitrogen and oxygen atoms in total. The second-order valence-electron chi connectivity index (χ2n) is 7.75. The third-order valence-electron chi connectivity index (χ3n) is 5.62. The molecule has 0 aliphatic carbocycles. The Kier molecular flexibility index (Phi) is 7.85. The van der Waals surface area contributed by atoms with E-state index in [0.29, 0.717) is 58.8 Å². The number of amides is 2. The van der Waals surface area contributed by atoms with Gasteiger partial charge in [-0.1, -0.05) is 23.2 Å². The Morgan fingerprint density at radius 1 is 0.912 bits per heavy atom. The first kappa shape index (κ1) is 24.6. The summed E-state index contributed by atoms with van der Waals surface area (Å²) in [5.74, 6) is 0.173. The monoisotopic (exact) mass is 609 g/mol. The summed E-state index contributed by atoms with van der Waals surface area (Å²) in [7, 11) is 1.54. The summed E-state index contributed by atoms with van der Waals surface area (Å²) in [5, 5.41) is 3.80. The fourth-order valence-corrected chi connectivity index (χ4v) is 4.68. The predicted molar refractivity (Wildman–Crippen MR) is 145 cm³/mol. The van der Waals surface area contributed by atoms with E-state index in [1.807, 2.05) is 35.2 Å². The molecule has 9 heteroatoms. The average Bonchev–Trinajstić information content (AvgIpc) is 2.85. The Morgan fingerprint density at radius 3 is 2.29 bits per heavy atom. The molecule has 34 heavy (non-hydrogen) atoms. The number of nitrogens with one attached hydrogen (secondary N) is 1. The molecule has 1 heterocycles. The van der Waals surface area contributed by atoms with Crippen molar-refractivity contribution < 1.29 is 14.3 Å². The third-order valence-corrected chi connectivity index (χ3v) is 6.86. The number of rotatable bonds is 5. The molecule has 0 spiro atoms. The molecule has 1 N–H and O–H groups in total. The van der Waals surface area contributed by atoms with Gasteiger partial charge in [-0.15, -0.1) is 0 Å². The van der Waals surface area contributed by atoms with Gasteiger partial charge in [-0.25, -0.2) is 0 Å². The van der Waals surface area contributed by atoms with Crippen LogP contribution in [-0.4, -0.2) is 50.0 Å². The van der Waals surface area contributed by atoms with Crippen molar-refractivity contribution in [1.29, 1.82) is 0 Å². The number of hydrogen-bond donors (Lipinski definition) is 1. The lowest BCUT2D eigenvalue weighted by Crippen LogP contribution is -2.48. The molecule has 0 saturated carbocycles. The van der Waals surface area contributed by atoms with Crippen molar-refractivity contribution >= 4 is 69.0 Å². The zero-order chi connectivity index (χ0) is 24.2.